The summed E-state index contributed by atoms with van der Waals surface area (Å²) in [6.07, 6.45) is 6.53. The Labute approximate surface area is 134 Å². The van der Waals surface area contributed by atoms with Crippen molar-refractivity contribution in [1.29, 1.82) is 0 Å². The topological polar surface area (TPSA) is 99.3 Å². The summed E-state index contributed by atoms with van der Waals surface area (Å²) in [5, 5.41) is 7.87. The third-order valence-corrected chi connectivity index (χ3v) is 5.41. The highest BCUT2D eigenvalue weighted by atomic mass is 32.2. The van der Waals surface area contributed by atoms with Gasteiger partial charge in [-0.15, -0.1) is 0 Å². The lowest BCUT2D eigenvalue weighted by Gasteiger charge is -2.22. The van der Waals surface area contributed by atoms with Crippen LogP contribution in [-0.4, -0.2) is 36.1 Å². The summed E-state index contributed by atoms with van der Waals surface area (Å²) in [6.45, 7) is 4.55. The third kappa shape index (κ3) is 3.56. The normalized spacial score (nSPS) is 19.0. The van der Waals surface area contributed by atoms with E-state index < -0.39 is 10.0 Å². The zero-order valence-corrected chi connectivity index (χ0v) is 14.0. The first-order chi connectivity index (χ1) is 11.0. The molecule has 0 bridgehead atoms. The molecule has 1 aliphatic rings. The molecule has 3 rings (SSSR count). The van der Waals surface area contributed by atoms with Crippen molar-refractivity contribution >= 4 is 15.7 Å². The van der Waals surface area contributed by atoms with Gasteiger partial charge in [0.1, 0.15) is 5.69 Å². The molecule has 0 aliphatic carbocycles. The Kier molecular flexibility index (Phi) is 4.40. The second-order valence-corrected chi connectivity index (χ2v) is 7.32. The van der Waals surface area contributed by atoms with Crippen LogP contribution in [0.1, 0.15) is 30.7 Å². The maximum Gasteiger partial charge on any atom is 0.267 e. The van der Waals surface area contributed by atoms with E-state index in [1.807, 2.05) is 0 Å². The lowest BCUT2D eigenvalue weighted by atomic mass is 10.1. The van der Waals surface area contributed by atoms with Gasteiger partial charge < -0.3 is 9.26 Å². The molecule has 0 saturated carbocycles. The van der Waals surface area contributed by atoms with Crippen molar-refractivity contribution in [3.05, 3.63) is 23.8 Å². The van der Waals surface area contributed by atoms with Gasteiger partial charge in [-0.2, -0.15) is 5.10 Å². The summed E-state index contributed by atoms with van der Waals surface area (Å²) in [5.41, 5.74) is 0.735. The van der Waals surface area contributed by atoms with Crippen molar-refractivity contribution in [3.63, 3.8) is 0 Å². The third-order valence-electron chi connectivity index (χ3n) is 3.79. The molecule has 3 heterocycles. The van der Waals surface area contributed by atoms with E-state index in [1.165, 1.54) is 6.20 Å². The fourth-order valence-electron chi connectivity index (χ4n) is 2.74. The standard InChI is InChI=1S/C14H20N4O4S/c1-10-14(11(2)22-16-10)23(19,20)17-12-7-15-18(8-12)9-13-5-3-4-6-21-13/h7-8,13,17H,3-6,9H2,1-2H3/t13-/m0/s1. The van der Waals surface area contributed by atoms with Crippen LogP contribution in [0.5, 0.6) is 0 Å². The Morgan fingerprint density at radius 2 is 2.22 bits per heavy atom. The van der Waals surface area contributed by atoms with Crippen LogP contribution < -0.4 is 4.72 Å². The molecule has 1 N–H and O–H groups in total. The minimum absolute atomic E-state index is 0.0702. The second kappa shape index (κ2) is 6.32. The van der Waals surface area contributed by atoms with Crippen LogP contribution in [0, 0.1) is 13.8 Å². The van der Waals surface area contributed by atoms with Crippen molar-refractivity contribution in [2.24, 2.45) is 0 Å². The van der Waals surface area contributed by atoms with Gasteiger partial charge in [-0.1, -0.05) is 5.16 Å². The molecule has 0 amide bonds. The van der Waals surface area contributed by atoms with Crippen LogP contribution in [-0.2, 0) is 21.3 Å². The van der Waals surface area contributed by atoms with Crippen LogP contribution >= 0.6 is 0 Å². The summed E-state index contributed by atoms with van der Waals surface area (Å²) >= 11 is 0. The summed E-state index contributed by atoms with van der Waals surface area (Å²) in [6, 6.07) is 0. The number of anilines is 1. The van der Waals surface area contributed by atoms with Crippen molar-refractivity contribution < 1.29 is 17.7 Å². The van der Waals surface area contributed by atoms with E-state index in [0.29, 0.717) is 17.9 Å². The number of rotatable bonds is 5. The summed E-state index contributed by atoms with van der Waals surface area (Å²) in [5.74, 6) is 0.262. The first-order valence-electron chi connectivity index (χ1n) is 7.55. The van der Waals surface area contributed by atoms with Gasteiger partial charge in [0, 0.05) is 12.8 Å². The predicted molar refractivity (Wildman–Crippen MR) is 82.6 cm³/mol. The van der Waals surface area contributed by atoms with Crippen LogP contribution in [0.4, 0.5) is 5.69 Å². The number of ether oxygens (including phenoxy) is 1. The van der Waals surface area contributed by atoms with E-state index in [0.717, 1.165) is 25.9 Å². The molecule has 2 aromatic rings. The Hall–Kier alpha value is -1.87. The number of aryl methyl sites for hydroxylation is 2. The second-order valence-electron chi connectivity index (χ2n) is 5.70. The van der Waals surface area contributed by atoms with Gasteiger partial charge in [-0.3, -0.25) is 9.40 Å². The van der Waals surface area contributed by atoms with Crippen molar-refractivity contribution in [2.75, 3.05) is 11.3 Å². The summed E-state index contributed by atoms with van der Waals surface area (Å²) in [4.78, 5) is 0.0702. The minimum atomic E-state index is -3.74. The number of hydrogen-bond donors (Lipinski definition) is 1. The zero-order chi connectivity index (χ0) is 16.4. The number of hydrogen-bond acceptors (Lipinski definition) is 6. The van der Waals surface area contributed by atoms with Crippen molar-refractivity contribution in [3.8, 4) is 0 Å². The fraction of sp³-hybridized carbons (Fsp3) is 0.571. The smallest absolute Gasteiger partial charge is 0.267 e. The highest BCUT2D eigenvalue weighted by Crippen LogP contribution is 2.22. The van der Waals surface area contributed by atoms with Gasteiger partial charge in [0.2, 0.25) is 0 Å². The van der Waals surface area contributed by atoms with Crippen LogP contribution in [0.25, 0.3) is 0 Å². The monoisotopic (exact) mass is 340 g/mol. The summed E-state index contributed by atoms with van der Waals surface area (Å²) in [7, 11) is -3.74. The number of aromatic nitrogens is 3. The molecule has 23 heavy (non-hydrogen) atoms. The molecule has 0 radical (unpaired) electrons. The molecular weight excluding hydrogens is 320 g/mol. The maximum absolute atomic E-state index is 12.4. The molecule has 0 aromatic carbocycles. The first kappa shape index (κ1) is 16.0. The van der Waals surface area contributed by atoms with Gasteiger partial charge in [0.15, 0.2) is 10.7 Å². The Morgan fingerprint density at radius 1 is 1.39 bits per heavy atom. The van der Waals surface area contributed by atoms with Crippen LogP contribution in [0.2, 0.25) is 0 Å². The minimum Gasteiger partial charge on any atom is -0.376 e. The molecule has 126 valence electrons. The van der Waals surface area contributed by atoms with E-state index in [-0.39, 0.29) is 16.8 Å². The van der Waals surface area contributed by atoms with Gasteiger partial charge in [-0.05, 0) is 33.1 Å². The Balaban J connectivity index is 1.71. The molecule has 9 heteroatoms. The molecule has 8 nitrogen and oxygen atoms in total. The van der Waals surface area contributed by atoms with E-state index >= 15 is 0 Å². The number of nitrogens with one attached hydrogen (secondary N) is 1. The molecule has 1 aliphatic heterocycles. The molecule has 0 spiro atoms. The molecule has 0 unspecified atom stereocenters. The number of nitrogens with zero attached hydrogens (tertiary/aromatic N) is 3. The average Bonchev–Trinajstić information content (AvgIpc) is 3.06. The summed E-state index contributed by atoms with van der Waals surface area (Å²) < 4.78 is 39.6. The highest BCUT2D eigenvalue weighted by Gasteiger charge is 2.25. The molecule has 1 saturated heterocycles. The average molecular weight is 340 g/mol. The van der Waals surface area contributed by atoms with Gasteiger partial charge in [0.25, 0.3) is 10.0 Å². The largest absolute Gasteiger partial charge is 0.376 e. The van der Waals surface area contributed by atoms with E-state index in [1.54, 1.807) is 24.7 Å². The highest BCUT2D eigenvalue weighted by molar-refractivity contribution is 7.92. The fourth-order valence-corrected chi connectivity index (χ4v) is 4.10. The van der Waals surface area contributed by atoms with Crippen LogP contribution in [0.15, 0.2) is 21.8 Å². The van der Waals surface area contributed by atoms with Gasteiger partial charge in [-0.25, -0.2) is 8.42 Å². The molecule has 1 atom stereocenters. The lowest BCUT2D eigenvalue weighted by molar-refractivity contribution is 0.00401. The van der Waals surface area contributed by atoms with Crippen LogP contribution in [0.3, 0.4) is 0 Å². The maximum atomic E-state index is 12.4. The van der Waals surface area contributed by atoms with E-state index in [9.17, 15) is 8.42 Å². The lowest BCUT2D eigenvalue weighted by Crippen LogP contribution is -2.24. The molecule has 1 fully saturated rings. The predicted octanol–water partition coefficient (Wildman–Crippen LogP) is 1.86. The molecular formula is C14H20N4O4S. The van der Waals surface area contributed by atoms with Gasteiger partial charge in [0.05, 0.1) is 24.5 Å². The zero-order valence-electron chi connectivity index (χ0n) is 13.2. The number of sulfonamides is 1. The van der Waals surface area contributed by atoms with Crippen molar-refractivity contribution in [2.45, 2.75) is 50.7 Å². The molecule has 2 aromatic heterocycles. The SMILES string of the molecule is Cc1noc(C)c1S(=O)(=O)Nc1cnn(C[C@@H]2CCCCO2)c1. The van der Waals surface area contributed by atoms with Crippen molar-refractivity contribution in [1.82, 2.24) is 14.9 Å². The van der Waals surface area contributed by atoms with E-state index in [4.69, 9.17) is 9.26 Å². The van der Waals surface area contributed by atoms with Gasteiger partial charge >= 0.3 is 0 Å². The Bertz CT molecular complexity index is 755. The van der Waals surface area contributed by atoms with E-state index in [2.05, 4.69) is 15.0 Å². The Morgan fingerprint density at radius 3 is 2.87 bits per heavy atom. The first-order valence-corrected chi connectivity index (χ1v) is 9.04. The quantitative estimate of drug-likeness (QED) is 0.892.